The summed E-state index contributed by atoms with van der Waals surface area (Å²) < 4.78 is 11.8. The predicted octanol–water partition coefficient (Wildman–Crippen LogP) is 2.43. The molecule has 1 aromatic rings. The van der Waals surface area contributed by atoms with Crippen LogP contribution in [0.5, 0.6) is 0 Å². The van der Waals surface area contributed by atoms with Crippen molar-refractivity contribution in [1.29, 1.82) is 0 Å². The van der Waals surface area contributed by atoms with Crippen LogP contribution in [-0.4, -0.2) is 44.5 Å². The Morgan fingerprint density at radius 1 is 1.39 bits per heavy atom. The third kappa shape index (κ3) is 2.79. The van der Waals surface area contributed by atoms with Crippen LogP contribution in [0.15, 0.2) is 16.7 Å². The standard InChI is InChI=1S/C12H16BrClN2O2/c1-17-10-6-16(7-11(10)18-2)12-8(4-14)3-9(13)5-15-12/h3,5,10-11H,4,6-7H2,1-2H3. The fourth-order valence-electron chi connectivity index (χ4n) is 2.23. The first-order chi connectivity index (χ1) is 8.69. The summed E-state index contributed by atoms with van der Waals surface area (Å²) >= 11 is 9.38. The maximum Gasteiger partial charge on any atom is 0.133 e. The minimum absolute atomic E-state index is 0.0728. The second-order valence-electron chi connectivity index (χ2n) is 4.22. The van der Waals surface area contributed by atoms with Crippen LogP contribution in [0.2, 0.25) is 0 Å². The molecule has 0 aliphatic carbocycles. The lowest BCUT2D eigenvalue weighted by atomic mass is 10.3. The highest BCUT2D eigenvalue weighted by atomic mass is 79.9. The van der Waals surface area contributed by atoms with E-state index < -0.39 is 0 Å². The summed E-state index contributed by atoms with van der Waals surface area (Å²) in [4.78, 5) is 6.61. The molecular formula is C12H16BrClN2O2. The molecule has 0 aromatic carbocycles. The summed E-state index contributed by atoms with van der Waals surface area (Å²) in [5.41, 5.74) is 1.01. The van der Waals surface area contributed by atoms with E-state index in [0.717, 1.165) is 28.9 Å². The van der Waals surface area contributed by atoms with E-state index in [1.165, 1.54) is 0 Å². The maximum absolute atomic E-state index is 5.97. The Morgan fingerprint density at radius 2 is 2.00 bits per heavy atom. The first kappa shape index (κ1) is 14.1. The molecule has 0 N–H and O–H groups in total. The molecule has 2 unspecified atom stereocenters. The van der Waals surface area contributed by atoms with Gasteiger partial charge in [0.05, 0.1) is 5.88 Å². The number of methoxy groups -OCH3 is 2. The largest absolute Gasteiger partial charge is 0.377 e. The quantitative estimate of drug-likeness (QED) is 0.792. The van der Waals surface area contributed by atoms with Crippen molar-refractivity contribution < 1.29 is 9.47 Å². The molecule has 1 aromatic heterocycles. The molecule has 0 bridgehead atoms. The van der Waals surface area contributed by atoms with Gasteiger partial charge in [0.25, 0.3) is 0 Å². The number of ether oxygens (including phenoxy) is 2. The van der Waals surface area contributed by atoms with E-state index in [1.54, 1.807) is 20.4 Å². The number of alkyl halides is 1. The molecule has 100 valence electrons. The SMILES string of the molecule is COC1CN(c2ncc(Br)cc2CCl)CC1OC. The molecule has 0 saturated carbocycles. The van der Waals surface area contributed by atoms with Gasteiger partial charge in [0.1, 0.15) is 18.0 Å². The normalized spacial score (nSPS) is 23.7. The average molecular weight is 336 g/mol. The molecule has 2 heterocycles. The molecule has 1 aliphatic heterocycles. The van der Waals surface area contributed by atoms with Crippen LogP contribution in [0, 0.1) is 0 Å². The number of hydrogen-bond acceptors (Lipinski definition) is 4. The Hall–Kier alpha value is -0.360. The molecule has 4 nitrogen and oxygen atoms in total. The predicted molar refractivity (Wildman–Crippen MR) is 75.3 cm³/mol. The lowest BCUT2D eigenvalue weighted by Gasteiger charge is -2.19. The van der Waals surface area contributed by atoms with E-state index in [2.05, 4.69) is 25.8 Å². The van der Waals surface area contributed by atoms with Gasteiger partial charge in [-0.05, 0) is 22.0 Å². The zero-order valence-corrected chi connectivity index (χ0v) is 12.7. The fraction of sp³-hybridized carbons (Fsp3) is 0.583. The molecule has 6 heteroatoms. The van der Waals surface area contributed by atoms with Gasteiger partial charge < -0.3 is 14.4 Å². The number of anilines is 1. The molecule has 2 atom stereocenters. The van der Waals surface area contributed by atoms with Crippen molar-refractivity contribution in [3.05, 3.63) is 22.3 Å². The molecular weight excluding hydrogens is 320 g/mol. The summed E-state index contributed by atoms with van der Waals surface area (Å²) in [6, 6.07) is 2.00. The number of nitrogens with zero attached hydrogens (tertiary/aromatic N) is 2. The Morgan fingerprint density at radius 3 is 2.50 bits per heavy atom. The highest BCUT2D eigenvalue weighted by Gasteiger charge is 2.34. The van der Waals surface area contributed by atoms with Gasteiger partial charge in [-0.2, -0.15) is 0 Å². The van der Waals surface area contributed by atoms with Gasteiger partial charge >= 0.3 is 0 Å². The average Bonchev–Trinajstić information content (AvgIpc) is 2.81. The number of aromatic nitrogens is 1. The smallest absolute Gasteiger partial charge is 0.133 e. The van der Waals surface area contributed by atoms with Gasteiger partial charge in [-0.15, -0.1) is 11.6 Å². The molecule has 0 spiro atoms. The van der Waals surface area contributed by atoms with Gasteiger partial charge in [-0.1, -0.05) is 0 Å². The second kappa shape index (κ2) is 6.19. The van der Waals surface area contributed by atoms with Crippen LogP contribution in [0.3, 0.4) is 0 Å². The van der Waals surface area contributed by atoms with Crippen LogP contribution in [0.25, 0.3) is 0 Å². The van der Waals surface area contributed by atoms with Crippen molar-refractivity contribution in [2.45, 2.75) is 18.1 Å². The maximum atomic E-state index is 5.97. The minimum Gasteiger partial charge on any atom is -0.377 e. The Bertz CT molecular complexity index is 407. The summed E-state index contributed by atoms with van der Waals surface area (Å²) in [5.74, 6) is 1.35. The zero-order valence-electron chi connectivity index (χ0n) is 10.4. The van der Waals surface area contributed by atoms with E-state index in [0.29, 0.717) is 5.88 Å². The van der Waals surface area contributed by atoms with Crippen LogP contribution in [0.4, 0.5) is 5.82 Å². The topological polar surface area (TPSA) is 34.6 Å². The van der Waals surface area contributed by atoms with E-state index in [9.17, 15) is 0 Å². The molecule has 0 amide bonds. The van der Waals surface area contributed by atoms with Gasteiger partial charge in [0.2, 0.25) is 0 Å². The van der Waals surface area contributed by atoms with E-state index >= 15 is 0 Å². The molecule has 0 radical (unpaired) electrons. The molecule has 2 rings (SSSR count). The first-order valence-electron chi connectivity index (χ1n) is 5.70. The van der Waals surface area contributed by atoms with Crippen LogP contribution in [0.1, 0.15) is 5.56 Å². The highest BCUT2D eigenvalue weighted by Crippen LogP contribution is 2.27. The highest BCUT2D eigenvalue weighted by molar-refractivity contribution is 9.10. The van der Waals surface area contributed by atoms with Gasteiger partial charge in [-0.3, -0.25) is 0 Å². The van der Waals surface area contributed by atoms with Crippen molar-refractivity contribution in [1.82, 2.24) is 4.98 Å². The van der Waals surface area contributed by atoms with E-state index in [1.807, 2.05) is 6.07 Å². The lowest BCUT2D eigenvalue weighted by molar-refractivity contribution is -0.00461. The molecule has 1 aliphatic rings. The number of halogens is 2. The molecule has 1 fully saturated rings. The van der Waals surface area contributed by atoms with Gasteiger partial charge in [0.15, 0.2) is 0 Å². The first-order valence-corrected chi connectivity index (χ1v) is 7.03. The van der Waals surface area contributed by atoms with Crippen molar-refractivity contribution in [2.75, 3.05) is 32.2 Å². The second-order valence-corrected chi connectivity index (χ2v) is 5.41. The Kier molecular flexibility index (Phi) is 4.84. The van der Waals surface area contributed by atoms with Crippen LogP contribution < -0.4 is 4.90 Å². The Balaban J connectivity index is 2.22. The third-order valence-electron chi connectivity index (χ3n) is 3.17. The van der Waals surface area contributed by atoms with E-state index in [-0.39, 0.29) is 12.2 Å². The number of hydrogen-bond donors (Lipinski definition) is 0. The van der Waals surface area contributed by atoms with E-state index in [4.69, 9.17) is 21.1 Å². The lowest BCUT2D eigenvalue weighted by Crippen LogP contribution is -2.27. The zero-order chi connectivity index (χ0) is 13.1. The van der Waals surface area contributed by atoms with Crippen molar-refractivity contribution >= 4 is 33.3 Å². The van der Waals surface area contributed by atoms with Crippen molar-refractivity contribution in [3.63, 3.8) is 0 Å². The van der Waals surface area contributed by atoms with Gasteiger partial charge in [-0.25, -0.2) is 4.98 Å². The van der Waals surface area contributed by atoms with Crippen molar-refractivity contribution in [3.8, 4) is 0 Å². The third-order valence-corrected chi connectivity index (χ3v) is 3.90. The summed E-state index contributed by atoms with van der Waals surface area (Å²) in [6.07, 6.45) is 1.93. The molecule has 1 saturated heterocycles. The van der Waals surface area contributed by atoms with Crippen LogP contribution >= 0.6 is 27.5 Å². The Labute approximate surface area is 120 Å². The van der Waals surface area contributed by atoms with Crippen LogP contribution in [-0.2, 0) is 15.4 Å². The summed E-state index contributed by atoms with van der Waals surface area (Å²) in [7, 11) is 3.41. The molecule has 18 heavy (non-hydrogen) atoms. The van der Waals surface area contributed by atoms with Gasteiger partial charge in [0, 0.05) is 43.5 Å². The fourth-order valence-corrected chi connectivity index (χ4v) is 2.80. The monoisotopic (exact) mass is 334 g/mol. The summed E-state index contributed by atoms with van der Waals surface area (Å²) in [5, 5.41) is 0. The number of rotatable bonds is 4. The van der Waals surface area contributed by atoms with Crippen molar-refractivity contribution in [2.24, 2.45) is 0 Å². The minimum atomic E-state index is 0.0728. The number of pyridine rings is 1. The summed E-state index contributed by atoms with van der Waals surface area (Å²) in [6.45, 7) is 1.54.